The number of anilines is 1. The van der Waals surface area contributed by atoms with E-state index < -0.39 is 12.6 Å². The highest BCUT2D eigenvalue weighted by Gasteiger charge is 2.21. The number of hydrogen-bond donors (Lipinski definition) is 2. The van der Waals surface area contributed by atoms with Crippen LogP contribution < -0.4 is 10.1 Å². The van der Waals surface area contributed by atoms with E-state index in [0.717, 1.165) is 5.69 Å². The molecule has 2 N–H and O–H groups in total. The smallest absolute Gasteiger partial charge is 0.341 e. The van der Waals surface area contributed by atoms with Gasteiger partial charge in [-0.05, 0) is 18.2 Å². The highest BCUT2D eigenvalue weighted by atomic mass is 16.5. The minimum atomic E-state index is -1.06. The molecule has 0 bridgehead atoms. The molecule has 24 heavy (non-hydrogen) atoms. The lowest BCUT2D eigenvalue weighted by Gasteiger charge is -2.13. The van der Waals surface area contributed by atoms with E-state index in [1.807, 2.05) is 20.8 Å². The van der Waals surface area contributed by atoms with Crippen LogP contribution in [-0.4, -0.2) is 33.4 Å². The summed E-state index contributed by atoms with van der Waals surface area (Å²) in [6.07, 6.45) is 0. The largest absolute Gasteiger partial charge is 0.482 e. The fraction of sp³-hybridized carbons (Fsp3) is 0.353. The number of carbonyl (C=O) groups excluding carboxylic acids is 1. The van der Waals surface area contributed by atoms with Gasteiger partial charge in [0.1, 0.15) is 11.4 Å². The molecule has 0 atom stereocenters. The van der Waals surface area contributed by atoms with Crippen LogP contribution in [0.5, 0.6) is 5.75 Å². The maximum absolute atomic E-state index is 12.4. The normalized spacial score (nSPS) is 11.2. The Morgan fingerprint density at radius 3 is 2.58 bits per heavy atom. The Morgan fingerprint density at radius 2 is 2.00 bits per heavy atom. The summed E-state index contributed by atoms with van der Waals surface area (Å²) in [5.74, 6) is -0.986. The van der Waals surface area contributed by atoms with Crippen LogP contribution in [0, 0.1) is 0 Å². The van der Waals surface area contributed by atoms with Gasteiger partial charge in [-0.15, -0.1) is 0 Å². The molecule has 1 aromatic carbocycles. The van der Waals surface area contributed by atoms with E-state index in [1.165, 1.54) is 0 Å². The molecule has 0 aliphatic heterocycles. The molecule has 1 aromatic heterocycles. The molecule has 0 saturated heterocycles. The van der Waals surface area contributed by atoms with Crippen LogP contribution in [0.1, 0.15) is 37.0 Å². The number of rotatable bonds is 5. The van der Waals surface area contributed by atoms with Crippen LogP contribution in [0.2, 0.25) is 0 Å². The van der Waals surface area contributed by atoms with Gasteiger partial charge in [0.15, 0.2) is 6.61 Å². The molecule has 2 aromatic rings. The van der Waals surface area contributed by atoms with E-state index in [0.29, 0.717) is 17.1 Å². The molecule has 128 valence electrons. The minimum Gasteiger partial charge on any atom is -0.482 e. The number of amides is 1. The molecule has 0 unspecified atom stereocenters. The zero-order chi connectivity index (χ0) is 17.9. The number of benzene rings is 1. The van der Waals surface area contributed by atoms with Gasteiger partial charge in [0.25, 0.3) is 5.91 Å². The standard InChI is InChI=1S/C17H21N3O4/c1-17(2,3)14-9-13(20(4)19-14)16(23)18-11-6-5-7-12(8-11)24-10-15(21)22/h5-9H,10H2,1-4H3,(H,18,23)(H,21,22). The van der Waals surface area contributed by atoms with Crippen LogP contribution in [0.15, 0.2) is 30.3 Å². The minimum absolute atomic E-state index is 0.152. The molecule has 1 amide bonds. The van der Waals surface area contributed by atoms with Crippen LogP contribution in [0.25, 0.3) is 0 Å². The van der Waals surface area contributed by atoms with Crippen LogP contribution in [0.3, 0.4) is 0 Å². The van der Waals surface area contributed by atoms with E-state index in [-0.39, 0.29) is 11.3 Å². The van der Waals surface area contributed by atoms with Gasteiger partial charge in [0, 0.05) is 24.2 Å². The lowest BCUT2D eigenvalue weighted by molar-refractivity contribution is -0.139. The van der Waals surface area contributed by atoms with Gasteiger partial charge < -0.3 is 15.2 Å². The molecular formula is C17H21N3O4. The Hall–Kier alpha value is -2.83. The number of hydrogen-bond acceptors (Lipinski definition) is 4. The average molecular weight is 331 g/mol. The molecule has 0 aliphatic carbocycles. The molecular weight excluding hydrogens is 310 g/mol. The predicted molar refractivity (Wildman–Crippen MR) is 89.4 cm³/mol. The van der Waals surface area contributed by atoms with Crippen molar-refractivity contribution in [3.05, 3.63) is 41.7 Å². The summed E-state index contributed by atoms with van der Waals surface area (Å²) in [6, 6.07) is 8.34. The maximum Gasteiger partial charge on any atom is 0.341 e. The first-order valence-electron chi connectivity index (χ1n) is 7.47. The number of aromatic nitrogens is 2. The lowest BCUT2D eigenvalue weighted by Crippen LogP contribution is -2.16. The average Bonchev–Trinajstić information content (AvgIpc) is 2.88. The third-order valence-electron chi connectivity index (χ3n) is 3.34. The number of aryl methyl sites for hydroxylation is 1. The Morgan fingerprint density at radius 1 is 1.29 bits per heavy atom. The first-order valence-corrected chi connectivity index (χ1v) is 7.47. The van der Waals surface area contributed by atoms with Crippen molar-refractivity contribution in [3.63, 3.8) is 0 Å². The van der Waals surface area contributed by atoms with Crippen molar-refractivity contribution in [1.82, 2.24) is 9.78 Å². The zero-order valence-corrected chi connectivity index (χ0v) is 14.2. The van der Waals surface area contributed by atoms with Crippen molar-refractivity contribution in [3.8, 4) is 5.75 Å². The Bertz CT molecular complexity index is 759. The summed E-state index contributed by atoms with van der Waals surface area (Å²) in [7, 11) is 1.72. The van der Waals surface area contributed by atoms with E-state index >= 15 is 0 Å². The number of carbonyl (C=O) groups is 2. The molecule has 7 heteroatoms. The first-order chi connectivity index (χ1) is 11.2. The third-order valence-corrected chi connectivity index (χ3v) is 3.34. The second-order valence-electron chi connectivity index (χ2n) is 6.45. The van der Waals surface area contributed by atoms with Gasteiger partial charge in [0.2, 0.25) is 0 Å². The second kappa shape index (κ2) is 6.74. The number of nitrogens with one attached hydrogen (secondary N) is 1. The van der Waals surface area contributed by atoms with Crippen LogP contribution in [0.4, 0.5) is 5.69 Å². The summed E-state index contributed by atoms with van der Waals surface area (Å²) in [6.45, 7) is 5.65. The number of ether oxygens (including phenoxy) is 1. The number of aliphatic carboxylic acids is 1. The van der Waals surface area contributed by atoms with Crippen molar-refractivity contribution >= 4 is 17.6 Å². The molecule has 0 aliphatic rings. The van der Waals surface area contributed by atoms with Gasteiger partial charge in [0.05, 0.1) is 5.69 Å². The fourth-order valence-corrected chi connectivity index (χ4v) is 2.05. The van der Waals surface area contributed by atoms with Gasteiger partial charge in [-0.2, -0.15) is 5.10 Å². The fourth-order valence-electron chi connectivity index (χ4n) is 2.05. The number of carboxylic acid groups (broad SMARTS) is 1. The van der Waals surface area contributed by atoms with Crippen LogP contribution >= 0.6 is 0 Å². The van der Waals surface area contributed by atoms with Gasteiger partial charge in [-0.1, -0.05) is 26.8 Å². The number of carboxylic acids is 1. The molecule has 1 heterocycles. The van der Waals surface area contributed by atoms with E-state index in [2.05, 4.69) is 10.4 Å². The summed E-state index contributed by atoms with van der Waals surface area (Å²) in [5, 5.41) is 15.8. The molecule has 7 nitrogen and oxygen atoms in total. The third kappa shape index (κ3) is 4.34. The van der Waals surface area contributed by atoms with Crippen molar-refractivity contribution in [2.75, 3.05) is 11.9 Å². The zero-order valence-electron chi connectivity index (χ0n) is 14.2. The van der Waals surface area contributed by atoms with Crippen LogP contribution in [-0.2, 0) is 17.3 Å². The molecule has 0 radical (unpaired) electrons. The molecule has 0 fully saturated rings. The maximum atomic E-state index is 12.4. The first kappa shape index (κ1) is 17.5. The summed E-state index contributed by atoms with van der Waals surface area (Å²) in [5.41, 5.74) is 1.63. The Labute approximate surface area is 140 Å². The highest BCUT2D eigenvalue weighted by molar-refractivity contribution is 6.03. The monoisotopic (exact) mass is 331 g/mol. The topological polar surface area (TPSA) is 93.5 Å². The van der Waals surface area contributed by atoms with Crippen molar-refractivity contribution < 1.29 is 19.4 Å². The van der Waals surface area contributed by atoms with Gasteiger partial charge >= 0.3 is 5.97 Å². The summed E-state index contributed by atoms with van der Waals surface area (Å²) >= 11 is 0. The molecule has 0 spiro atoms. The molecule has 0 saturated carbocycles. The van der Waals surface area contributed by atoms with E-state index in [9.17, 15) is 9.59 Å². The summed E-state index contributed by atoms with van der Waals surface area (Å²) < 4.78 is 6.64. The predicted octanol–water partition coefficient (Wildman–Crippen LogP) is 2.43. The molecule has 2 rings (SSSR count). The number of nitrogens with zero attached hydrogens (tertiary/aromatic N) is 2. The van der Waals surface area contributed by atoms with E-state index in [4.69, 9.17) is 9.84 Å². The van der Waals surface area contributed by atoms with Crippen molar-refractivity contribution in [1.29, 1.82) is 0 Å². The second-order valence-corrected chi connectivity index (χ2v) is 6.45. The summed E-state index contributed by atoms with van der Waals surface area (Å²) in [4.78, 5) is 23.0. The Kier molecular flexibility index (Phi) is 4.92. The van der Waals surface area contributed by atoms with E-state index in [1.54, 1.807) is 42.1 Å². The van der Waals surface area contributed by atoms with Gasteiger partial charge in [-0.3, -0.25) is 9.48 Å². The Balaban J connectivity index is 2.14. The highest BCUT2D eigenvalue weighted by Crippen LogP contribution is 2.22. The van der Waals surface area contributed by atoms with Crippen molar-refractivity contribution in [2.45, 2.75) is 26.2 Å². The van der Waals surface area contributed by atoms with Gasteiger partial charge in [-0.25, -0.2) is 4.79 Å². The quantitative estimate of drug-likeness (QED) is 0.877. The lowest BCUT2D eigenvalue weighted by atomic mass is 9.92. The van der Waals surface area contributed by atoms with Crippen molar-refractivity contribution in [2.24, 2.45) is 7.05 Å². The SMILES string of the molecule is Cn1nc(C(C)(C)C)cc1C(=O)Nc1cccc(OCC(=O)O)c1.